The molecule has 0 atom stereocenters. The van der Waals surface area contributed by atoms with Gasteiger partial charge in [-0.3, -0.25) is 4.90 Å². The lowest BCUT2D eigenvalue weighted by molar-refractivity contribution is 0.233. The molecule has 0 aromatic rings. The Morgan fingerprint density at radius 3 is 2.20 bits per heavy atom. The topological polar surface area (TPSA) is 15.3 Å². The molecule has 0 unspecified atom stereocenters. The molecule has 0 fully saturated rings. The fourth-order valence-corrected chi connectivity index (χ4v) is 1.76. The summed E-state index contributed by atoms with van der Waals surface area (Å²) >= 11 is 0. The molecule has 0 amide bonds. The molecule has 0 aromatic carbocycles. The molecule has 0 spiro atoms. The first kappa shape index (κ1) is 14.9. The van der Waals surface area contributed by atoms with Gasteiger partial charge >= 0.3 is 0 Å². The lowest BCUT2D eigenvalue weighted by atomic mass is 10.1. The van der Waals surface area contributed by atoms with Gasteiger partial charge in [-0.05, 0) is 45.7 Å². The van der Waals surface area contributed by atoms with Crippen molar-refractivity contribution < 1.29 is 0 Å². The summed E-state index contributed by atoms with van der Waals surface area (Å²) in [6.45, 7) is 16.0. The first-order valence-corrected chi connectivity index (χ1v) is 6.52. The highest BCUT2D eigenvalue weighted by atomic mass is 15.2. The van der Waals surface area contributed by atoms with Crippen molar-refractivity contribution in [3.8, 4) is 0 Å². The molecule has 0 bridgehead atoms. The Balaban J connectivity index is 3.29. The van der Waals surface area contributed by atoms with E-state index in [0.29, 0.717) is 6.04 Å². The van der Waals surface area contributed by atoms with Crippen LogP contribution in [0.4, 0.5) is 0 Å². The van der Waals surface area contributed by atoms with Crippen molar-refractivity contribution in [1.29, 1.82) is 0 Å². The zero-order valence-corrected chi connectivity index (χ0v) is 11.3. The van der Waals surface area contributed by atoms with E-state index in [1.807, 2.05) is 0 Å². The van der Waals surface area contributed by atoms with E-state index in [0.717, 1.165) is 19.0 Å². The van der Waals surface area contributed by atoms with Gasteiger partial charge in [0.1, 0.15) is 0 Å². The number of nitrogens with zero attached hydrogens (tertiary/aromatic N) is 1. The predicted molar refractivity (Wildman–Crippen MR) is 69.3 cm³/mol. The Labute approximate surface area is 96.4 Å². The van der Waals surface area contributed by atoms with Crippen LogP contribution in [0.5, 0.6) is 0 Å². The summed E-state index contributed by atoms with van der Waals surface area (Å²) in [5.74, 6) is 0.842. The first-order valence-electron chi connectivity index (χ1n) is 6.52. The van der Waals surface area contributed by atoms with Crippen LogP contribution in [0.25, 0.3) is 0 Å². The molecule has 15 heavy (non-hydrogen) atoms. The van der Waals surface area contributed by atoms with Gasteiger partial charge in [-0.1, -0.05) is 20.8 Å². The molecule has 1 N–H and O–H groups in total. The molecule has 0 saturated carbocycles. The maximum absolute atomic E-state index is 3.52. The van der Waals surface area contributed by atoms with E-state index in [4.69, 9.17) is 0 Å². The number of rotatable bonds is 9. The largest absolute Gasteiger partial charge is 0.315 e. The summed E-state index contributed by atoms with van der Waals surface area (Å²) in [4.78, 5) is 2.50. The van der Waals surface area contributed by atoms with E-state index in [1.165, 1.54) is 25.9 Å². The molecule has 0 heterocycles. The predicted octanol–water partition coefficient (Wildman–Crippen LogP) is 2.74. The Kier molecular flexibility index (Phi) is 9.12. The summed E-state index contributed by atoms with van der Waals surface area (Å²) < 4.78 is 0. The van der Waals surface area contributed by atoms with Crippen molar-refractivity contribution in [2.45, 2.75) is 53.5 Å². The van der Waals surface area contributed by atoms with Gasteiger partial charge in [-0.25, -0.2) is 0 Å². The average molecular weight is 214 g/mol. The number of hydrogen-bond acceptors (Lipinski definition) is 2. The highest BCUT2D eigenvalue weighted by Gasteiger charge is 2.04. The second-order valence-electron chi connectivity index (χ2n) is 5.01. The summed E-state index contributed by atoms with van der Waals surface area (Å²) in [6.07, 6.45) is 2.65. The minimum atomic E-state index is 0.674. The highest BCUT2D eigenvalue weighted by Crippen LogP contribution is 2.01. The fourth-order valence-electron chi connectivity index (χ4n) is 1.76. The molecule has 0 aliphatic rings. The van der Waals surface area contributed by atoms with Crippen LogP contribution in [0.15, 0.2) is 0 Å². The van der Waals surface area contributed by atoms with Gasteiger partial charge in [-0.15, -0.1) is 0 Å². The van der Waals surface area contributed by atoms with Gasteiger partial charge in [-0.2, -0.15) is 0 Å². The quantitative estimate of drug-likeness (QED) is 0.594. The molecule has 0 rings (SSSR count). The third-order valence-electron chi connectivity index (χ3n) is 2.85. The van der Waals surface area contributed by atoms with Gasteiger partial charge < -0.3 is 5.32 Å². The van der Waals surface area contributed by atoms with Crippen LogP contribution in [0.2, 0.25) is 0 Å². The van der Waals surface area contributed by atoms with Crippen LogP contribution in [-0.2, 0) is 0 Å². The van der Waals surface area contributed by atoms with Gasteiger partial charge in [0.25, 0.3) is 0 Å². The lowest BCUT2D eigenvalue weighted by Gasteiger charge is -2.24. The van der Waals surface area contributed by atoms with Gasteiger partial charge in [0.05, 0.1) is 0 Å². The van der Waals surface area contributed by atoms with Gasteiger partial charge in [0.2, 0.25) is 0 Å². The van der Waals surface area contributed by atoms with Gasteiger partial charge in [0.15, 0.2) is 0 Å². The summed E-state index contributed by atoms with van der Waals surface area (Å²) in [5, 5.41) is 3.52. The first-order chi connectivity index (χ1) is 7.07. The summed E-state index contributed by atoms with van der Waals surface area (Å²) in [7, 11) is 0. The Morgan fingerprint density at radius 2 is 1.73 bits per heavy atom. The average Bonchev–Trinajstić information content (AvgIpc) is 2.15. The maximum Gasteiger partial charge on any atom is 0.0109 e. The third kappa shape index (κ3) is 8.88. The van der Waals surface area contributed by atoms with E-state index in [1.54, 1.807) is 0 Å². The molecular formula is C13H30N2. The van der Waals surface area contributed by atoms with Crippen molar-refractivity contribution >= 4 is 0 Å². The van der Waals surface area contributed by atoms with Crippen LogP contribution in [0.1, 0.15) is 47.5 Å². The van der Waals surface area contributed by atoms with Gasteiger partial charge in [0, 0.05) is 19.1 Å². The SMILES string of the molecule is CCN(CCNCCCC(C)C)C(C)C. The van der Waals surface area contributed by atoms with E-state index in [9.17, 15) is 0 Å². The maximum atomic E-state index is 3.52. The van der Waals surface area contributed by atoms with Crippen LogP contribution in [-0.4, -0.2) is 37.1 Å². The number of hydrogen-bond donors (Lipinski definition) is 1. The number of nitrogens with one attached hydrogen (secondary N) is 1. The molecule has 2 nitrogen and oxygen atoms in total. The van der Waals surface area contributed by atoms with Crippen LogP contribution in [0, 0.1) is 5.92 Å². The van der Waals surface area contributed by atoms with E-state index in [-0.39, 0.29) is 0 Å². The molecule has 0 aliphatic heterocycles. The van der Waals surface area contributed by atoms with Crippen molar-refractivity contribution in [1.82, 2.24) is 10.2 Å². The minimum absolute atomic E-state index is 0.674. The molecular weight excluding hydrogens is 184 g/mol. The lowest BCUT2D eigenvalue weighted by Crippen LogP contribution is -2.36. The molecule has 0 aliphatic carbocycles. The third-order valence-corrected chi connectivity index (χ3v) is 2.85. The Morgan fingerprint density at radius 1 is 1.07 bits per heavy atom. The van der Waals surface area contributed by atoms with E-state index < -0.39 is 0 Å². The molecule has 2 heteroatoms. The molecule has 0 radical (unpaired) electrons. The van der Waals surface area contributed by atoms with Crippen molar-refractivity contribution in [2.75, 3.05) is 26.2 Å². The summed E-state index contributed by atoms with van der Waals surface area (Å²) in [6, 6.07) is 0.674. The second kappa shape index (κ2) is 9.17. The molecule has 0 saturated heterocycles. The van der Waals surface area contributed by atoms with Crippen LogP contribution >= 0.6 is 0 Å². The Hall–Kier alpha value is -0.0800. The monoisotopic (exact) mass is 214 g/mol. The van der Waals surface area contributed by atoms with E-state index >= 15 is 0 Å². The van der Waals surface area contributed by atoms with Crippen LogP contribution in [0.3, 0.4) is 0 Å². The summed E-state index contributed by atoms with van der Waals surface area (Å²) in [5.41, 5.74) is 0. The Bertz CT molecular complexity index is 132. The molecule has 0 aromatic heterocycles. The highest BCUT2D eigenvalue weighted by molar-refractivity contribution is 4.62. The number of likely N-dealkylation sites (N-methyl/N-ethyl adjacent to an activating group) is 1. The smallest absolute Gasteiger partial charge is 0.0109 e. The minimum Gasteiger partial charge on any atom is -0.315 e. The van der Waals surface area contributed by atoms with Crippen molar-refractivity contribution in [2.24, 2.45) is 5.92 Å². The second-order valence-corrected chi connectivity index (χ2v) is 5.01. The fraction of sp³-hybridized carbons (Fsp3) is 1.00. The van der Waals surface area contributed by atoms with Crippen molar-refractivity contribution in [3.63, 3.8) is 0 Å². The zero-order chi connectivity index (χ0) is 11.7. The normalized spacial score (nSPS) is 12.0. The zero-order valence-electron chi connectivity index (χ0n) is 11.3. The standard InChI is InChI=1S/C13H30N2/c1-6-15(13(4)5)11-10-14-9-7-8-12(2)3/h12-14H,6-11H2,1-5H3. The van der Waals surface area contributed by atoms with E-state index in [2.05, 4.69) is 44.8 Å². The van der Waals surface area contributed by atoms with Crippen molar-refractivity contribution in [3.05, 3.63) is 0 Å². The van der Waals surface area contributed by atoms with Crippen LogP contribution < -0.4 is 5.32 Å². The molecule has 92 valence electrons.